The molecule has 0 atom stereocenters. The Kier molecular flexibility index (Phi) is 4.59. The summed E-state index contributed by atoms with van der Waals surface area (Å²) in [6.45, 7) is 2.07. The lowest BCUT2D eigenvalue weighted by Crippen LogP contribution is -2.52. The van der Waals surface area contributed by atoms with Gasteiger partial charge in [-0.15, -0.1) is 0 Å². The van der Waals surface area contributed by atoms with E-state index in [1.807, 2.05) is 0 Å². The SMILES string of the molecule is O=c1cc2c(nn1CC1CN(S(=O)(=O)c3ccc4c(c3)OCCO4)C1)CCCC2. The third-order valence-corrected chi connectivity index (χ3v) is 7.61. The van der Waals surface area contributed by atoms with Crippen molar-refractivity contribution in [3.8, 4) is 11.5 Å². The average Bonchev–Trinajstić information content (AvgIpc) is 2.70. The lowest BCUT2D eigenvalue weighted by Gasteiger charge is -2.38. The third kappa shape index (κ3) is 3.42. The summed E-state index contributed by atoms with van der Waals surface area (Å²) < 4.78 is 39.7. The molecule has 0 N–H and O–H groups in total. The van der Waals surface area contributed by atoms with Crippen LogP contribution in [0.3, 0.4) is 0 Å². The third-order valence-electron chi connectivity index (χ3n) is 5.78. The van der Waals surface area contributed by atoms with Crippen LogP contribution in [-0.4, -0.2) is 48.8 Å². The quantitative estimate of drug-likeness (QED) is 0.743. The Morgan fingerprint density at radius 2 is 1.79 bits per heavy atom. The molecule has 2 aliphatic heterocycles. The summed E-state index contributed by atoms with van der Waals surface area (Å²) in [5.74, 6) is 1.10. The van der Waals surface area contributed by atoms with Crippen molar-refractivity contribution in [3.05, 3.63) is 45.9 Å². The van der Waals surface area contributed by atoms with Crippen molar-refractivity contribution in [1.29, 1.82) is 0 Å². The monoisotopic (exact) mass is 417 g/mol. The van der Waals surface area contributed by atoms with Gasteiger partial charge >= 0.3 is 0 Å². The van der Waals surface area contributed by atoms with Gasteiger partial charge in [-0.3, -0.25) is 4.79 Å². The first-order chi connectivity index (χ1) is 14.0. The second kappa shape index (κ2) is 7.14. The van der Waals surface area contributed by atoms with Crippen LogP contribution >= 0.6 is 0 Å². The summed E-state index contributed by atoms with van der Waals surface area (Å²) in [7, 11) is -3.60. The van der Waals surface area contributed by atoms with Gasteiger partial charge < -0.3 is 9.47 Å². The molecule has 0 unspecified atom stereocenters. The molecule has 3 heterocycles. The maximum Gasteiger partial charge on any atom is 0.267 e. The van der Waals surface area contributed by atoms with Crippen molar-refractivity contribution in [2.45, 2.75) is 37.1 Å². The number of aryl methyl sites for hydroxylation is 2. The highest BCUT2D eigenvalue weighted by Gasteiger charge is 2.37. The zero-order valence-electron chi connectivity index (χ0n) is 16.0. The van der Waals surface area contributed by atoms with Crippen molar-refractivity contribution in [2.24, 2.45) is 5.92 Å². The van der Waals surface area contributed by atoms with Crippen molar-refractivity contribution in [2.75, 3.05) is 26.3 Å². The van der Waals surface area contributed by atoms with E-state index in [4.69, 9.17) is 9.47 Å². The topological polar surface area (TPSA) is 90.7 Å². The van der Waals surface area contributed by atoms with Crippen molar-refractivity contribution < 1.29 is 17.9 Å². The van der Waals surface area contributed by atoms with Gasteiger partial charge in [-0.05, 0) is 43.4 Å². The second-order valence-electron chi connectivity index (χ2n) is 7.84. The smallest absolute Gasteiger partial charge is 0.267 e. The maximum absolute atomic E-state index is 12.9. The fraction of sp³-hybridized carbons (Fsp3) is 0.500. The van der Waals surface area contributed by atoms with Crippen LogP contribution in [0.25, 0.3) is 0 Å². The van der Waals surface area contributed by atoms with Crippen LogP contribution in [0.15, 0.2) is 34.0 Å². The minimum Gasteiger partial charge on any atom is -0.486 e. The van der Waals surface area contributed by atoms with Gasteiger partial charge in [0.1, 0.15) is 13.2 Å². The Balaban J connectivity index is 1.28. The average molecular weight is 417 g/mol. The number of sulfonamides is 1. The summed E-state index contributed by atoms with van der Waals surface area (Å²) in [5, 5.41) is 4.53. The largest absolute Gasteiger partial charge is 0.486 e. The lowest BCUT2D eigenvalue weighted by atomic mass is 9.97. The van der Waals surface area contributed by atoms with Gasteiger partial charge in [-0.25, -0.2) is 13.1 Å². The zero-order chi connectivity index (χ0) is 20.0. The molecule has 1 fully saturated rings. The minimum absolute atomic E-state index is 0.0776. The predicted octanol–water partition coefficient (Wildman–Crippen LogP) is 1.21. The summed E-state index contributed by atoms with van der Waals surface area (Å²) in [5.41, 5.74) is 1.98. The molecule has 0 bridgehead atoms. The number of benzene rings is 1. The van der Waals surface area contributed by atoms with E-state index in [1.54, 1.807) is 18.2 Å². The first-order valence-electron chi connectivity index (χ1n) is 10.0. The van der Waals surface area contributed by atoms with E-state index < -0.39 is 10.0 Å². The molecule has 0 saturated carbocycles. The number of hydrogen-bond acceptors (Lipinski definition) is 6. The highest BCUT2D eigenvalue weighted by Crippen LogP contribution is 2.34. The Bertz CT molecular complexity index is 1110. The fourth-order valence-electron chi connectivity index (χ4n) is 4.14. The lowest BCUT2D eigenvalue weighted by molar-refractivity contribution is 0.168. The number of hydrogen-bond donors (Lipinski definition) is 0. The van der Waals surface area contributed by atoms with Crippen LogP contribution < -0.4 is 15.0 Å². The van der Waals surface area contributed by atoms with E-state index in [0.717, 1.165) is 36.9 Å². The molecule has 1 aliphatic carbocycles. The zero-order valence-corrected chi connectivity index (χ0v) is 16.9. The van der Waals surface area contributed by atoms with Crippen LogP contribution in [-0.2, 0) is 29.4 Å². The molecule has 2 aromatic rings. The minimum atomic E-state index is -3.60. The Labute approximate surface area is 169 Å². The highest BCUT2D eigenvalue weighted by molar-refractivity contribution is 7.89. The molecule has 1 aromatic heterocycles. The van der Waals surface area contributed by atoms with Crippen molar-refractivity contribution in [1.82, 2.24) is 14.1 Å². The van der Waals surface area contributed by atoms with E-state index in [9.17, 15) is 13.2 Å². The van der Waals surface area contributed by atoms with Gasteiger partial charge in [0.05, 0.1) is 17.1 Å². The number of ether oxygens (including phenoxy) is 2. The molecule has 3 aliphatic rings. The molecule has 29 heavy (non-hydrogen) atoms. The van der Waals surface area contributed by atoms with E-state index in [-0.39, 0.29) is 16.4 Å². The summed E-state index contributed by atoms with van der Waals surface area (Å²) in [4.78, 5) is 12.5. The molecule has 0 radical (unpaired) electrons. The summed E-state index contributed by atoms with van der Waals surface area (Å²) in [6.07, 6.45) is 4.03. The fourth-order valence-corrected chi connectivity index (χ4v) is 5.75. The van der Waals surface area contributed by atoms with Crippen LogP contribution in [0.5, 0.6) is 11.5 Å². The first kappa shape index (κ1) is 18.6. The van der Waals surface area contributed by atoms with Crippen LogP contribution in [0.4, 0.5) is 0 Å². The predicted molar refractivity (Wildman–Crippen MR) is 105 cm³/mol. The van der Waals surface area contributed by atoms with E-state index in [0.29, 0.717) is 44.3 Å². The molecular formula is C20H23N3O5S. The molecule has 8 nitrogen and oxygen atoms in total. The Hall–Kier alpha value is -2.39. The Morgan fingerprint density at radius 1 is 1.03 bits per heavy atom. The first-order valence-corrected chi connectivity index (χ1v) is 11.4. The van der Waals surface area contributed by atoms with Crippen LogP contribution in [0.1, 0.15) is 24.1 Å². The van der Waals surface area contributed by atoms with Gasteiger partial charge in [0.25, 0.3) is 5.56 Å². The summed E-state index contributed by atoms with van der Waals surface area (Å²) in [6, 6.07) is 6.40. The molecule has 5 rings (SSSR count). The highest BCUT2D eigenvalue weighted by atomic mass is 32.2. The van der Waals surface area contributed by atoms with Gasteiger partial charge in [0.2, 0.25) is 10.0 Å². The summed E-state index contributed by atoms with van der Waals surface area (Å²) >= 11 is 0. The van der Waals surface area contributed by atoms with Crippen molar-refractivity contribution in [3.63, 3.8) is 0 Å². The molecule has 1 aromatic carbocycles. The van der Waals surface area contributed by atoms with E-state index in [1.165, 1.54) is 15.1 Å². The second-order valence-corrected chi connectivity index (χ2v) is 9.78. The van der Waals surface area contributed by atoms with Crippen LogP contribution in [0, 0.1) is 5.92 Å². The number of nitrogens with zero attached hydrogens (tertiary/aromatic N) is 3. The van der Waals surface area contributed by atoms with Gasteiger partial charge in [0, 0.05) is 31.1 Å². The molecule has 0 spiro atoms. The normalized spacial score (nSPS) is 19.4. The molecular weight excluding hydrogens is 394 g/mol. The molecule has 0 amide bonds. The molecule has 154 valence electrons. The van der Waals surface area contributed by atoms with Gasteiger partial charge in [-0.1, -0.05) is 0 Å². The van der Waals surface area contributed by atoms with Gasteiger partial charge in [0.15, 0.2) is 11.5 Å². The number of rotatable bonds is 4. The number of fused-ring (bicyclic) bond motifs is 2. The standard InChI is InChI=1S/C20H23N3O5S/c24-20-9-15-3-1-2-4-17(15)21-23(20)13-14-11-22(12-14)29(25,26)16-5-6-18-19(10-16)28-8-7-27-18/h5-6,9-10,14H,1-4,7-8,11-13H2. The van der Waals surface area contributed by atoms with Gasteiger partial charge in [-0.2, -0.15) is 9.40 Å². The number of aromatic nitrogens is 2. The Morgan fingerprint density at radius 3 is 2.62 bits per heavy atom. The van der Waals surface area contributed by atoms with Crippen LogP contribution in [0.2, 0.25) is 0 Å². The van der Waals surface area contributed by atoms with E-state index in [2.05, 4.69) is 5.10 Å². The maximum atomic E-state index is 12.9. The van der Waals surface area contributed by atoms with E-state index >= 15 is 0 Å². The molecule has 9 heteroatoms. The molecule has 1 saturated heterocycles. The van der Waals surface area contributed by atoms with Crippen molar-refractivity contribution >= 4 is 10.0 Å².